The van der Waals surface area contributed by atoms with E-state index in [1.807, 2.05) is 30.3 Å². The Bertz CT molecular complexity index is 683. The molecule has 0 heterocycles. The number of carbonyl (C=O) groups is 1. The van der Waals surface area contributed by atoms with Gasteiger partial charge in [0.15, 0.2) is 11.5 Å². The van der Waals surface area contributed by atoms with Crippen LogP contribution in [0.1, 0.15) is 17.2 Å². The number of phenolic OH excluding ortho intramolecular Hbond substituents is 1. The van der Waals surface area contributed by atoms with Crippen molar-refractivity contribution in [1.29, 1.82) is 0 Å². The van der Waals surface area contributed by atoms with Crippen molar-refractivity contribution < 1.29 is 19.4 Å². The van der Waals surface area contributed by atoms with Crippen LogP contribution in [0.4, 0.5) is 0 Å². The average Bonchev–Trinajstić information content (AvgIpc) is 2.59. The highest BCUT2D eigenvalue weighted by molar-refractivity contribution is 5.87. The molecule has 1 atom stereocenters. The first-order valence-corrected chi connectivity index (χ1v) is 7.12. The Kier molecular flexibility index (Phi) is 5.77. The number of phenols is 1. The van der Waals surface area contributed by atoms with Crippen molar-refractivity contribution >= 4 is 12.0 Å². The molecule has 0 spiro atoms. The number of methoxy groups -OCH3 is 1. The number of ether oxygens (including phenoxy) is 2. The predicted octanol–water partition coefficient (Wildman–Crippen LogP) is 2.66. The van der Waals surface area contributed by atoms with E-state index in [0.29, 0.717) is 11.3 Å². The third-order valence-electron chi connectivity index (χ3n) is 3.25. The number of hydrogen-bond donors (Lipinski definition) is 2. The van der Waals surface area contributed by atoms with E-state index in [1.54, 1.807) is 18.2 Å². The zero-order valence-corrected chi connectivity index (χ0v) is 12.8. The molecule has 5 nitrogen and oxygen atoms in total. The lowest BCUT2D eigenvalue weighted by Gasteiger charge is -2.11. The van der Waals surface area contributed by atoms with Crippen molar-refractivity contribution in [1.82, 2.24) is 0 Å². The molecule has 2 rings (SSSR count). The highest BCUT2D eigenvalue weighted by atomic mass is 16.5. The van der Waals surface area contributed by atoms with Crippen LogP contribution >= 0.6 is 0 Å². The number of nitrogens with two attached hydrogens (primary N) is 1. The molecular formula is C18H19NO4. The van der Waals surface area contributed by atoms with Crippen LogP contribution in [0.25, 0.3) is 6.08 Å². The molecule has 0 fully saturated rings. The van der Waals surface area contributed by atoms with Crippen LogP contribution in [0.15, 0.2) is 54.6 Å². The molecular weight excluding hydrogens is 294 g/mol. The van der Waals surface area contributed by atoms with Gasteiger partial charge in [0, 0.05) is 6.08 Å². The van der Waals surface area contributed by atoms with Crippen molar-refractivity contribution in [3.63, 3.8) is 0 Å². The third kappa shape index (κ3) is 4.86. The van der Waals surface area contributed by atoms with Crippen LogP contribution in [0.5, 0.6) is 11.5 Å². The Hall–Kier alpha value is -2.79. The summed E-state index contributed by atoms with van der Waals surface area (Å²) in [5.74, 6) is -0.101. The quantitative estimate of drug-likeness (QED) is 0.633. The van der Waals surface area contributed by atoms with Crippen molar-refractivity contribution in [2.45, 2.75) is 6.04 Å². The van der Waals surface area contributed by atoms with E-state index in [4.69, 9.17) is 15.2 Å². The zero-order chi connectivity index (χ0) is 16.7. The monoisotopic (exact) mass is 313 g/mol. The van der Waals surface area contributed by atoms with Gasteiger partial charge in [0.25, 0.3) is 0 Å². The van der Waals surface area contributed by atoms with Gasteiger partial charge in [-0.2, -0.15) is 0 Å². The minimum atomic E-state index is -0.483. The molecule has 2 aromatic rings. The third-order valence-corrected chi connectivity index (χ3v) is 3.25. The van der Waals surface area contributed by atoms with E-state index in [1.165, 1.54) is 19.3 Å². The minimum absolute atomic E-state index is 0.0426. The molecule has 2 aromatic carbocycles. The molecule has 0 radical (unpaired) electrons. The van der Waals surface area contributed by atoms with Gasteiger partial charge in [-0.3, -0.25) is 0 Å². The first-order chi connectivity index (χ1) is 11.1. The van der Waals surface area contributed by atoms with Gasteiger partial charge >= 0.3 is 5.97 Å². The molecule has 5 heteroatoms. The van der Waals surface area contributed by atoms with Gasteiger partial charge < -0.3 is 20.3 Å². The second kappa shape index (κ2) is 8.00. The summed E-state index contributed by atoms with van der Waals surface area (Å²) in [5, 5.41) is 9.51. The number of hydrogen-bond acceptors (Lipinski definition) is 5. The van der Waals surface area contributed by atoms with Crippen molar-refractivity contribution in [2.24, 2.45) is 5.73 Å². The Balaban J connectivity index is 1.89. The van der Waals surface area contributed by atoms with E-state index in [2.05, 4.69) is 0 Å². The summed E-state index contributed by atoms with van der Waals surface area (Å²) in [4.78, 5) is 11.7. The van der Waals surface area contributed by atoms with Crippen molar-refractivity contribution in [3.8, 4) is 11.5 Å². The van der Waals surface area contributed by atoms with Gasteiger partial charge in [0.1, 0.15) is 6.61 Å². The number of esters is 1. The Morgan fingerprint density at radius 3 is 2.70 bits per heavy atom. The summed E-state index contributed by atoms with van der Waals surface area (Å²) >= 11 is 0. The lowest BCUT2D eigenvalue weighted by molar-refractivity contribution is -0.138. The number of benzene rings is 2. The van der Waals surface area contributed by atoms with Gasteiger partial charge in [0.2, 0.25) is 0 Å². The molecule has 0 saturated carbocycles. The Morgan fingerprint density at radius 2 is 2.00 bits per heavy atom. The fourth-order valence-electron chi connectivity index (χ4n) is 1.98. The fraction of sp³-hybridized carbons (Fsp3) is 0.167. The minimum Gasteiger partial charge on any atom is -0.504 e. The molecule has 0 saturated heterocycles. The second-order valence-electron chi connectivity index (χ2n) is 4.91. The predicted molar refractivity (Wildman–Crippen MR) is 88.0 cm³/mol. The molecule has 0 aliphatic rings. The highest BCUT2D eigenvalue weighted by Gasteiger charge is 2.08. The summed E-state index contributed by atoms with van der Waals surface area (Å²) in [6.45, 7) is 0.103. The van der Waals surface area contributed by atoms with Crippen LogP contribution in [-0.2, 0) is 9.53 Å². The van der Waals surface area contributed by atoms with Gasteiger partial charge in [-0.1, -0.05) is 36.4 Å². The van der Waals surface area contributed by atoms with E-state index in [-0.39, 0.29) is 18.4 Å². The van der Waals surface area contributed by atoms with Crippen LogP contribution < -0.4 is 10.5 Å². The van der Waals surface area contributed by atoms with E-state index < -0.39 is 5.97 Å². The second-order valence-corrected chi connectivity index (χ2v) is 4.91. The summed E-state index contributed by atoms with van der Waals surface area (Å²) < 4.78 is 10.1. The maximum Gasteiger partial charge on any atom is 0.330 e. The summed E-state index contributed by atoms with van der Waals surface area (Å²) in [6.07, 6.45) is 2.89. The van der Waals surface area contributed by atoms with Gasteiger partial charge in [-0.15, -0.1) is 0 Å². The molecule has 3 N–H and O–H groups in total. The van der Waals surface area contributed by atoms with E-state index in [9.17, 15) is 9.90 Å². The maximum atomic E-state index is 11.7. The number of carbonyl (C=O) groups excluding carboxylic acids is 1. The zero-order valence-electron chi connectivity index (χ0n) is 12.8. The first kappa shape index (κ1) is 16.6. The molecule has 0 aromatic heterocycles. The molecule has 0 amide bonds. The van der Waals surface area contributed by atoms with Crippen LogP contribution in [0.2, 0.25) is 0 Å². The molecule has 0 aliphatic carbocycles. The summed E-state index contributed by atoms with van der Waals surface area (Å²) in [7, 11) is 1.46. The summed E-state index contributed by atoms with van der Waals surface area (Å²) in [6, 6.07) is 13.9. The van der Waals surface area contributed by atoms with Crippen molar-refractivity contribution in [2.75, 3.05) is 13.7 Å². The average molecular weight is 313 g/mol. The molecule has 0 aliphatic heterocycles. The van der Waals surface area contributed by atoms with Crippen LogP contribution in [0, 0.1) is 0 Å². The largest absolute Gasteiger partial charge is 0.504 e. The van der Waals surface area contributed by atoms with E-state index >= 15 is 0 Å². The van der Waals surface area contributed by atoms with Gasteiger partial charge in [0.05, 0.1) is 13.2 Å². The highest BCUT2D eigenvalue weighted by Crippen LogP contribution is 2.26. The lowest BCUT2D eigenvalue weighted by Crippen LogP contribution is -2.18. The maximum absolute atomic E-state index is 11.7. The molecule has 0 bridgehead atoms. The topological polar surface area (TPSA) is 81.8 Å². The van der Waals surface area contributed by atoms with E-state index in [0.717, 1.165) is 5.56 Å². The first-order valence-electron chi connectivity index (χ1n) is 7.12. The van der Waals surface area contributed by atoms with Crippen LogP contribution in [0.3, 0.4) is 0 Å². The normalized spacial score (nSPS) is 12.1. The SMILES string of the molecule is COc1cc(/C=C/C(=O)OCC(N)c2ccccc2)ccc1O. The number of aromatic hydroxyl groups is 1. The standard InChI is InChI=1S/C18H19NO4/c1-22-17-11-13(7-9-16(17)20)8-10-18(21)23-12-15(19)14-5-3-2-4-6-14/h2-11,15,20H,12,19H2,1H3/b10-8+. The molecule has 23 heavy (non-hydrogen) atoms. The summed E-state index contributed by atoms with van der Waals surface area (Å²) in [5.41, 5.74) is 7.58. The molecule has 1 unspecified atom stereocenters. The fourth-order valence-corrected chi connectivity index (χ4v) is 1.98. The van der Waals surface area contributed by atoms with Crippen molar-refractivity contribution in [3.05, 3.63) is 65.7 Å². The Morgan fingerprint density at radius 1 is 1.26 bits per heavy atom. The van der Waals surface area contributed by atoms with Crippen LogP contribution in [-0.4, -0.2) is 24.8 Å². The Labute approximate surface area is 135 Å². The van der Waals surface area contributed by atoms with Gasteiger partial charge in [-0.25, -0.2) is 4.79 Å². The molecule has 120 valence electrons. The number of rotatable bonds is 6. The smallest absolute Gasteiger partial charge is 0.330 e. The lowest BCUT2D eigenvalue weighted by atomic mass is 10.1. The van der Waals surface area contributed by atoms with Gasteiger partial charge in [-0.05, 0) is 29.3 Å².